The maximum atomic E-state index is 12.5. The summed E-state index contributed by atoms with van der Waals surface area (Å²) < 4.78 is 33.0. The molecule has 0 saturated carbocycles. The summed E-state index contributed by atoms with van der Waals surface area (Å²) in [5.74, 6) is 0.800. The molecule has 4 rings (SSSR count). The highest BCUT2D eigenvalue weighted by atomic mass is 32.2. The SMILES string of the molecule is COc1ccc2c(ccn2CC(=O)Nc2ccc(N3CCCCS3(=O)=O)cc2)c1. The Hall–Kier alpha value is -3.00. The van der Waals surface area contributed by atoms with Gasteiger partial charge in [0.2, 0.25) is 15.9 Å². The number of amides is 1. The van der Waals surface area contributed by atoms with Gasteiger partial charge in [-0.2, -0.15) is 0 Å². The van der Waals surface area contributed by atoms with Crippen molar-refractivity contribution in [3.8, 4) is 5.75 Å². The van der Waals surface area contributed by atoms with Crippen LogP contribution in [0.3, 0.4) is 0 Å². The van der Waals surface area contributed by atoms with E-state index < -0.39 is 10.0 Å². The summed E-state index contributed by atoms with van der Waals surface area (Å²) in [6, 6.07) is 14.6. The number of methoxy groups -OCH3 is 1. The third-order valence-corrected chi connectivity index (χ3v) is 6.95. The van der Waals surface area contributed by atoms with Crippen molar-refractivity contribution in [3.05, 3.63) is 54.7 Å². The average Bonchev–Trinajstić information content (AvgIpc) is 3.10. The first-order valence-electron chi connectivity index (χ1n) is 9.49. The molecule has 1 aliphatic heterocycles. The van der Waals surface area contributed by atoms with Crippen molar-refractivity contribution < 1.29 is 17.9 Å². The van der Waals surface area contributed by atoms with Gasteiger partial charge in [-0.3, -0.25) is 9.10 Å². The number of rotatable bonds is 5. The second-order valence-corrected chi connectivity index (χ2v) is 9.07. The summed E-state index contributed by atoms with van der Waals surface area (Å²) in [6.07, 6.45) is 3.43. The first-order valence-corrected chi connectivity index (χ1v) is 11.1. The zero-order valence-corrected chi connectivity index (χ0v) is 17.0. The van der Waals surface area contributed by atoms with Crippen LogP contribution in [0.25, 0.3) is 10.9 Å². The minimum Gasteiger partial charge on any atom is -0.497 e. The van der Waals surface area contributed by atoms with Crippen LogP contribution in [0.4, 0.5) is 11.4 Å². The van der Waals surface area contributed by atoms with E-state index in [9.17, 15) is 13.2 Å². The predicted molar refractivity (Wildman–Crippen MR) is 114 cm³/mol. The third kappa shape index (κ3) is 4.07. The molecule has 1 fully saturated rings. The number of benzene rings is 2. The van der Waals surface area contributed by atoms with Crippen LogP contribution < -0.4 is 14.4 Å². The highest BCUT2D eigenvalue weighted by molar-refractivity contribution is 7.92. The number of fused-ring (bicyclic) bond motifs is 1. The molecule has 1 aliphatic rings. The Balaban J connectivity index is 1.44. The van der Waals surface area contributed by atoms with E-state index in [4.69, 9.17) is 4.74 Å². The van der Waals surface area contributed by atoms with E-state index in [0.717, 1.165) is 23.1 Å². The van der Waals surface area contributed by atoms with Crippen molar-refractivity contribution in [1.29, 1.82) is 0 Å². The van der Waals surface area contributed by atoms with Gasteiger partial charge in [-0.05, 0) is 61.4 Å². The third-order valence-electron chi connectivity index (χ3n) is 5.08. The van der Waals surface area contributed by atoms with Gasteiger partial charge in [0.15, 0.2) is 0 Å². The zero-order chi connectivity index (χ0) is 20.4. The van der Waals surface area contributed by atoms with E-state index in [1.807, 2.05) is 35.0 Å². The lowest BCUT2D eigenvalue weighted by Gasteiger charge is -2.28. The van der Waals surface area contributed by atoms with Crippen LogP contribution in [0, 0.1) is 0 Å². The van der Waals surface area contributed by atoms with E-state index in [0.29, 0.717) is 24.3 Å². The zero-order valence-electron chi connectivity index (χ0n) is 16.2. The molecule has 7 nitrogen and oxygen atoms in total. The van der Waals surface area contributed by atoms with Crippen molar-refractivity contribution >= 4 is 38.2 Å². The molecule has 1 N–H and O–H groups in total. The minimum atomic E-state index is -3.24. The topological polar surface area (TPSA) is 80.6 Å². The lowest BCUT2D eigenvalue weighted by Crippen LogP contribution is -2.37. The van der Waals surface area contributed by atoms with Gasteiger partial charge in [0.05, 0.1) is 18.6 Å². The highest BCUT2D eigenvalue weighted by Crippen LogP contribution is 2.25. The maximum absolute atomic E-state index is 12.5. The van der Waals surface area contributed by atoms with Crippen LogP contribution in [0.2, 0.25) is 0 Å². The molecule has 0 bridgehead atoms. The van der Waals surface area contributed by atoms with Gasteiger partial charge in [0.25, 0.3) is 0 Å². The van der Waals surface area contributed by atoms with E-state index in [1.165, 1.54) is 4.31 Å². The number of ether oxygens (including phenoxy) is 1. The number of aromatic nitrogens is 1. The molecule has 8 heteroatoms. The van der Waals surface area contributed by atoms with Gasteiger partial charge in [-0.15, -0.1) is 0 Å². The maximum Gasteiger partial charge on any atom is 0.244 e. The van der Waals surface area contributed by atoms with E-state index in [2.05, 4.69) is 5.32 Å². The van der Waals surface area contributed by atoms with Crippen LogP contribution in [0.1, 0.15) is 12.8 Å². The van der Waals surface area contributed by atoms with Crippen molar-refractivity contribution in [1.82, 2.24) is 4.57 Å². The fraction of sp³-hybridized carbons (Fsp3) is 0.286. The van der Waals surface area contributed by atoms with Crippen LogP contribution in [-0.4, -0.2) is 38.3 Å². The van der Waals surface area contributed by atoms with Crippen LogP contribution in [0.15, 0.2) is 54.7 Å². The normalized spacial score (nSPS) is 16.0. The minimum absolute atomic E-state index is 0.156. The Kier molecular flexibility index (Phi) is 5.19. The predicted octanol–water partition coefficient (Wildman–Crippen LogP) is 3.22. The number of carbonyl (C=O) groups is 1. The van der Waals surface area contributed by atoms with Crippen molar-refractivity contribution in [2.24, 2.45) is 0 Å². The lowest BCUT2D eigenvalue weighted by atomic mass is 10.2. The van der Waals surface area contributed by atoms with E-state index in [1.54, 1.807) is 31.4 Å². The molecule has 3 aromatic rings. The van der Waals surface area contributed by atoms with Gasteiger partial charge < -0.3 is 14.6 Å². The van der Waals surface area contributed by atoms with Crippen LogP contribution in [0.5, 0.6) is 5.75 Å². The van der Waals surface area contributed by atoms with Crippen LogP contribution in [-0.2, 0) is 21.4 Å². The van der Waals surface area contributed by atoms with Gasteiger partial charge in [-0.25, -0.2) is 8.42 Å². The summed E-state index contributed by atoms with van der Waals surface area (Å²) in [5, 5.41) is 3.87. The highest BCUT2D eigenvalue weighted by Gasteiger charge is 2.25. The molecule has 1 saturated heterocycles. The molecule has 0 aliphatic carbocycles. The Labute approximate surface area is 169 Å². The fourth-order valence-electron chi connectivity index (χ4n) is 3.59. The molecule has 0 radical (unpaired) electrons. The quantitative estimate of drug-likeness (QED) is 0.696. The smallest absolute Gasteiger partial charge is 0.244 e. The molecule has 2 aromatic carbocycles. The largest absolute Gasteiger partial charge is 0.497 e. The second-order valence-electron chi connectivity index (χ2n) is 7.06. The number of nitrogens with zero attached hydrogens (tertiary/aromatic N) is 2. The molecular formula is C21H23N3O4S. The Morgan fingerprint density at radius 2 is 1.90 bits per heavy atom. The molecule has 1 amide bonds. The number of anilines is 2. The van der Waals surface area contributed by atoms with Gasteiger partial charge in [0.1, 0.15) is 12.3 Å². The van der Waals surface area contributed by atoms with Crippen molar-refractivity contribution in [2.75, 3.05) is 29.0 Å². The van der Waals surface area contributed by atoms with Gasteiger partial charge in [-0.1, -0.05) is 0 Å². The standard InChI is InChI=1S/C21H23N3O4S/c1-28-19-8-9-20-16(14-19)10-12-23(20)15-21(25)22-17-4-6-18(7-5-17)24-11-2-3-13-29(24,26)27/h4-10,12,14H,2-3,11,13,15H2,1H3,(H,22,25). The van der Waals surface area contributed by atoms with Crippen LogP contribution >= 0.6 is 0 Å². The molecular weight excluding hydrogens is 390 g/mol. The fourth-order valence-corrected chi connectivity index (χ4v) is 5.23. The van der Waals surface area contributed by atoms with Gasteiger partial charge in [0, 0.05) is 29.3 Å². The number of hydrogen-bond donors (Lipinski definition) is 1. The molecule has 0 unspecified atom stereocenters. The molecule has 2 heterocycles. The molecule has 0 spiro atoms. The summed E-state index contributed by atoms with van der Waals surface area (Å²) in [4.78, 5) is 12.5. The Morgan fingerprint density at radius 3 is 2.62 bits per heavy atom. The molecule has 152 valence electrons. The number of hydrogen-bond acceptors (Lipinski definition) is 4. The Bertz CT molecular complexity index is 1140. The molecule has 29 heavy (non-hydrogen) atoms. The van der Waals surface area contributed by atoms with Crippen molar-refractivity contribution in [3.63, 3.8) is 0 Å². The van der Waals surface area contributed by atoms with E-state index >= 15 is 0 Å². The molecule has 1 aromatic heterocycles. The van der Waals surface area contributed by atoms with Gasteiger partial charge >= 0.3 is 0 Å². The summed E-state index contributed by atoms with van der Waals surface area (Å²) in [6.45, 7) is 0.678. The summed E-state index contributed by atoms with van der Waals surface area (Å²) in [5.41, 5.74) is 2.21. The number of sulfonamides is 1. The summed E-state index contributed by atoms with van der Waals surface area (Å²) in [7, 11) is -1.62. The summed E-state index contributed by atoms with van der Waals surface area (Å²) >= 11 is 0. The number of carbonyl (C=O) groups excluding carboxylic acids is 1. The molecule has 0 atom stereocenters. The van der Waals surface area contributed by atoms with Crippen molar-refractivity contribution in [2.45, 2.75) is 19.4 Å². The first kappa shape index (κ1) is 19.3. The Morgan fingerprint density at radius 1 is 1.10 bits per heavy atom. The lowest BCUT2D eigenvalue weighted by molar-refractivity contribution is -0.116. The second kappa shape index (κ2) is 7.79. The van der Waals surface area contributed by atoms with E-state index in [-0.39, 0.29) is 18.2 Å². The first-order chi connectivity index (χ1) is 14.0. The average molecular weight is 413 g/mol. The monoisotopic (exact) mass is 413 g/mol. The number of nitrogens with one attached hydrogen (secondary N) is 1.